The second-order valence-corrected chi connectivity index (χ2v) is 5.19. The van der Waals surface area contributed by atoms with Crippen LogP contribution >= 0.6 is 0 Å². The third-order valence-corrected chi connectivity index (χ3v) is 3.78. The number of hydrogen-bond acceptors (Lipinski definition) is 2. The van der Waals surface area contributed by atoms with Gasteiger partial charge in [-0.25, -0.2) is 0 Å². The van der Waals surface area contributed by atoms with Crippen molar-refractivity contribution < 1.29 is 0 Å². The number of fused-ring (bicyclic) bond motifs is 1. The highest BCUT2D eigenvalue weighted by molar-refractivity contribution is 5.84. The van der Waals surface area contributed by atoms with E-state index in [9.17, 15) is 0 Å². The van der Waals surface area contributed by atoms with Crippen LogP contribution in [0.25, 0.3) is 10.8 Å². The molecular weight excluding hydrogens is 244 g/mol. The van der Waals surface area contributed by atoms with Gasteiger partial charge in [-0.1, -0.05) is 43.2 Å². The lowest BCUT2D eigenvalue weighted by Gasteiger charge is -2.17. The molecule has 0 fully saturated rings. The van der Waals surface area contributed by atoms with Gasteiger partial charge in [-0.2, -0.15) is 0 Å². The number of nitrogens with one attached hydrogen (secondary N) is 1. The van der Waals surface area contributed by atoms with Crippen LogP contribution in [0.3, 0.4) is 0 Å². The van der Waals surface area contributed by atoms with Crippen LogP contribution in [0, 0.1) is 0 Å². The average molecular weight is 268 g/mol. The monoisotopic (exact) mass is 268 g/mol. The fourth-order valence-electron chi connectivity index (χ4n) is 2.65. The molecule has 0 radical (unpaired) electrons. The van der Waals surface area contributed by atoms with Crippen LogP contribution in [0.1, 0.15) is 43.8 Å². The summed E-state index contributed by atoms with van der Waals surface area (Å²) in [7, 11) is 2.03. The number of pyridine rings is 1. The van der Waals surface area contributed by atoms with E-state index in [1.54, 1.807) is 0 Å². The number of benzene rings is 1. The molecule has 0 aliphatic heterocycles. The number of rotatable bonds is 8. The largest absolute Gasteiger partial charge is 0.312 e. The molecule has 1 unspecified atom stereocenters. The first kappa shape index (κ1) is 14.7. The second-order valence-electron chi connectivity index (χ2n) is 5.19. The molecule has 1 atom stereocenters. The number of nitrogens with zero attached hydrogens (tertiary/aromatic N) is 1. The van der Waals surface area contributed by atoms with Crippen LogP contribution in [0.2, 0.25) is 0 Å². The molecule has 0 amide bonds. The first-order valence-electron chi connectivity index (χ1n) is 7.48. The summed E-state index contributed by atoms with van der Waals surface area (Å²) in [6, 6.07) is 10.9. The molecule has 0 bridgehead atoms. The molecule has 2 rings (SSSR count). The second kappa shape index (κ2) is 7.81. The van der Waals surface area contributed by atoms with E-state index >= 15 is 0 Å². The molecule has 2 aromatic rings. The first-order valence-corrected chi connectivity index (χ1v) is 7.48. The summed E-state index contributed by atoms with van der Waals surface area (Å²) in [4.78, 5) is 4.61. The van der Waals surface area contributed by atoms with E-state index in [0.29, 0.717) is 6.04 Å². The van der Waals surface area contributed by atoms with Gasteiger partial charge >= 0.3 is 0 Å². The van der Waals surface area contributed by atoms with Crippen LogP contribution in [0.5, 0.6) is 0 Å². The van der Waals surface area contributed by atoms with Crippen LogP contribution in [0.15, 0.2) is 49.2 Å². The highest BCUT2D eigenvalue weighted by atomic mass is 14.9. The number of hydrogen-bond donors (Lipinski definition) is 1. The Hall–Kier alpha value is -1.67. The Morgan fingerprint density at radius 3 is 2.85 bits per heavy atom. The van der Waals surface area contributed by atoms with Crippen molar-refractivity contribution in [2.45, 2.75) is 38.1 Å². The highest BCUT2D eigenvalue weighted by Crippen LogP contribution is 2.25. The SMILES string of the molecule is C=CCCCCCC(NC)c1nccc2ccccc12. The molecule has 1 N–H and O–H groups in total. The van der Waals surface area contributed by atoms with Crippen molar-refractivity contribution in [1.82, 2.24) is 10.3 Å². The van der Waals surface area contributed by atoms with Crippen molar-refractivity contribution in [2.75, 3.05) is 7.05 Å². The van der Waals surface area contributed by atoms with Crippen molar-refractivity contribution in [3.63, 3.8) is 0 Å². The summed E-state index contributed by atoms with van der Waals surface area (Å²) in [5.41, 5.74) is 1.18. The zero-order valence-corrected chi connectivity index (χ0v) is 12.3. The predicted octanol–water partition coefficient (Wildman–Crippen LogP) is 4.63. The lowest BCUT2D eigenvalue weighted by Crippen LogP contribution is -2.18. The third-order valence-electron chi connectivity index (χ3n) is 3.78. The van der Waals surface area contributed by atoms with Crippen LogP contribution in [-0.4, -0.2) is 12.0 Å². The fourth-order valence-corrected chi connectivity index (χ4v) is 2.65. The van der Waals surface area contributed by atoms with E-state index < -0.39 is 0 Å². The molecule has 0 saturated heterocycles. The summed E-state index contributed by atoms with van der Waals surface area (Å²) in [5, 5.41) is 5.95. The van der Waals surface area contributed by atoms with Gasteiger partial charge in [-0.05, 0) is 37.8 Å². The van der Waals surface area contributed by atoms with Gasteiger partial charge in [0, 0.05) is 17.6 Å². The van der Waals surface area contributed by atoms with E-state index in [0.717, 1.165) is 12.8 Å². The number of allylic oxidation sites excluding steroid dienone is 1. The van der Waals surface area contributed by atoms with Gasteiger partial charge < -0.3 is 5.32 Å². The van der Waals surface area contributed by atoms with E-state index in [4.69, 9.17) is 0 Å². The summed E-state index contributed by atoms with van der Waals surface area (Å²) < 4.78 is 0. The van der Waals surface area contributed by atoms with E-state index in [1.807, 2.05) is 19.3 Å². The maximum atomic E-state index is 4.61. The minimum absolute atomic E-state index is 0.338. The van der Waals surface area contributed by atoms with Gasteiger partial charge in [0.2, 0.25) is 0 Å². The van der Waals surface area contributed by atoms with E-state index in [2.05, 4.69) is 47.2 Å². The molecule has 1 heterocycles. The highest BCUT2D eigenvalue weighted by Gasteiger charge is 2.13. The van der Waals surface area contributed by atoms with Gasteiger partial charge in [0.1, 0.15) is 0 Å². The molecule has 1 aromatic heterocycles. The molecule has 20 heavy (non-hydrogen) atoms. The maximum absolute atomic E-state index is 4.61. The molecule has 1 aromatic carbocycles. The standard InChI is InChI=1S/C18H24N2/c1-3-4-5-6-7-12-17(19-2)18-16-11-9-8-10-15(16)13-14-20-18/h3,8-11,13-14,17,19H,1,4-7,12H2,2H3. The topological polar surface area (TPSA) is 24.9 Å². The van der Waals surface area contributed by atoms with Crippen molar-refractivity contribution in [2.24, 2.45) is 0 Å². The van der Waals surface area contributed by atoms with E-state index in [-0.39, 0.29) is 0 Å². The molecule has 0 aliphatic carbocycles. The summed E-state index contributed by atoms with van der Waals surface area (Å²) in [5.74, 6) is 0. The lowest BCUT2D eigenvalue weighted by atomic mass is 10.00. The maximum Gasteiger partial charge on any atom is 0.0651 e. The Morgan fingerprint density at radius 1 is 1.20 bits per heavy atom. The number of unbranched alkanes of at least 4 members (excludes halogenated alkanes) is 3. The molecule has 106 valence electrons. The van der Waals surface area contributed by atoms with Gasteiger partial charge in [-0.15, -0.1) is 6.58 Å². The molecular formula is C18H24N2. The quantitative estimate of drug-likeness (QED) is 0.557. The van der Waals surface area contributed by atoms with Crippen LogP contribution < -0.4 is 5.32 Å². The normalized spacial score (nSPS) is 12.4. The Balaban J connectivity index is 2.07. The average Bonchev–Trinajstić information content (AvgIpc) is 2.51. The first-order chi connectivity index (χ1) is 9.86. The molecule has 0 spiro atoms. The zero-order chi connectivity index (χ0) is 14.2. The molecule has 2 nitrogen and oxygen atoms in total. The van der Waals surface area contributed by atoms with Crippen molar-refractivity contribution in [3.8, 4) is 0 Å². The Bertz CT molecular complexity index is 543. The van der Waals surface area contributed by atoms with Gasteiger partial charge in [0.15, 0.2) is 0 Å². The third kappa shape index (κ3) is 3.67. The molecule has 0 aliphatic rings. The van der Waals surface area contributed by atoms with Crippen molar-refractivity contribution >= 4 is 10.8 Å². The molecule has 0 saturated carbocycles. The Kier molecular flexibility index (Phi) is 5.75. The van der Waals surface area contributed by atoms with Gasteiger partial charge in [0.25, 0.3) is 0 Å². The summed E-state index contributed by atoms with van der Waals surface area (Å²) in [6.07, 6.45) is 9.90. The molecule has 2 heteroatoms. The minimum Gasteiger partial charge on any atom is -0.312 e. The van der Waals surface area contributed by atoms with Crippen LogP contribution in [-0.2, 0) is 0 Å². The van der Waals surface area contributed by atoms with Crippen molar-refractivity contribution in [3.05, 3.63) is 54.9 Å². The number of aromatic nitrogens is 1. The fraction of sp³-hybridized carbons (Fsp3) is 0.389. The van der Waals surface area contributed by atoms with Crippen LogP contribution in [0.4, 0.5) is 0 Å². The lowest BCUT2D eigenvalue weighted by molar-refractivity contribution is 0.501. The minimum atomic E-state index is 0.338. The Morgan fingerprint density at radius 2 is 2.05 bits per heavy atom. The Labute approximate surface area is 121 Å². The smallest absolute Gasteiger partial charge is 0.0651 e. The summed E-state index contributed by atoms with van der Waals surface area (Å²) >= 11 is 0. The van der Waals surface area contributed by atoms with E-state index in [1.165, 1.54) is 35.7 Å². The predicted molar refractivity (Wildman–Crippen MR) is 86.8 cm³/mol. The van der Waals surface area contributed by atoms with Gasteiger partial charge in [0.05, 0.1) is 5.69 Å². The summed E-state index contributed by atoms with van der Waals surface area (Å²) in [6.45, 7) is 3.77. The van der Waals surface area contributed by atoms with Gasteiger partial charge in [-0.3, -0.25) is 4.98 Å². The zero-order valence-electron chi connectivity index (χ0n) is 12.3. The van der Waals surface area contributed by atoms with Crippen molar-refractivity contribution in [1.29, 1.82) is 0 Å².